The second-order valence-corrected chi connectivity index (χ2v) is 4.89. The van der Waals surface area contributed by atoms with Crippen molar-refractivity contribution in [3.8, 4) is 17.1 Å². The number of hydrogen-bond donors (Lipinski definition) is 1. The highest BCUT2D eigenvalue weighted by molar-refractivity contribution is 5.57. The van der Waals surface area contributed by atoms with Gasteiger partial charge < -0.3 is 14.9 Å². The Balaban J connectivity index is 2.04. The molecule has 4 nitrogen and oxygen atoms in total. The van der Waals surface area contributed by atoms with Crippen LogP contribution in [0.2, 0.25) is 0 Å². The van der Waals surface area contributed by atoms with Crippen LogP contribution in [-0.2, 0) is 6.42 Å². The van der Waals surface area contributed by atoms with Crippen molar-refractivity contribution in [1.29, 1.82) is 0 Å². The van der Waals surface area contributed by atoms with Crippen LogP contribution in [0.3, 0.4) is 0 Å². The van der Waals surface area contributed by atoms with Crippen LogP contribution in [0, 0.1) is 5.92 Å². The van der Waals surface area contributed by atoms with E-state index < -0.39 is 0 Å². The molecule has 0 aliphatic rings. The standard InChI is InChI=1S/C15H20N2O2/c1-11(2)10-18-13-5-3-12(4-6-13)14-9-17-15(19-14)7-8-16/h3-6,9,11H,7-8,10,16H2,1-2H3. The first-order valence-electron chi connectivity index (χ1n) is 6.57. The van der Waals surface area contributed by atoms with E-state index in [2.05, 4.69) is 18.8 Å². The van der Waals surface area contributed by atoms with Crippen molar-refractivity contribution in [2.24, 2.45) is 11.7 Å². The van der Waals surface area contributed by atoms with E-state index in [0.717, 1.165) is 23.7 Å². The monoisotopic (exact) mass is 260 g/mol. The number of rotatable bonds is 6. The van der Waals surface area contributed by atoms with E-state index >= 15 is 0 Å². The normalized spacial score (nSPS) is 10.9. The molecule has 1 aromatic heterocycles. The number of oxazole rings is 1. The Morgan fingerprint density at radius 3 is 2.63 bits per heavy atom. The van der Waals surface area contributed by atoms with Crippen LogP contribution < -0.4 is 10.5 Å². The predicted molar refractivity (Wildman–Crippen MR) is 75.0 cm³/mol. The lowest BCUT2D eigenvalue weighted by Gasteiger charge is -2.08. The van der Waals surface area contributed by atoms with Crippen LogP contribution in [0.4, 0.5) is 0 Å². The molecule has 2 rings (SSSR count). The highest BCUT2D eigenvalue weighted by Crippen LogP contribution is 2.23. The zero-order valence-corrected chi connectivity index (χ0v) is 11.4. The molecule has 0 spiro atoms. The fourth-order valence-corrected chi connectivity index (χ4v) is 1.66. The van der Waals surface area contributed by atoms with E-state index in [0.29, 0.717) is 24.8 Å². The summed E-state index contributed by atoms with van der Waals surface area (Å²) in [5.74, 6) is 2.84. The second-order valence-electron chi connectivity index (χ2n) is 4.89. The van der Waals surface area contributed by atoms with Gasteiger partial charge in [-0.25, -0.2) is 4.98 Å². The van der Waals surface area contributed by atoms with Crippen molar-refractivity contribution < 1.29 is 9.15 Å². The summed E-state index contributed by atoms with van der Waals surface area (Å²) in [5, 5.41) is 0. The fraction of sp³-hybridized carbons (Fsp3) is 0.400. The Bertz CT molecular complexity index is 503. The zero-order valence-electron chi connectivity index (χ0n) is 11.4. The Kier molecular flexibility index (Phi) is 4.58. The number of ether oxygens (including phenoxy) is 1. The summed E-state index contributed by atoms with van der Waals surface area (Å²) >= 11 is 0. The molecule has 19 heavy (non-hydrogen) atoms. The molecule has 0 aliphatic carbocycles. The quantitative estimate of drug-likeness (QED) is 0.867. The lowest BCUT2D eigenvalue weighted by atomic mass is 10.2. The van der Waals surface area contributed by atoms with E-state index in [9.17, 15) is 0 Å². The summed E-state index contributed by atoms with van der Waals surface area (Å²) < 4.78 is 11.3. The van der Waals surface area contributed by atoms with Crippen molar-refractivity contribution in [3.63, 3.8) is 0 Å². The van der Waals surface area contributed by atoms with Crippen LogP contribution in [-0.4, -0.2) is 18.1 Å². The highest BCUT2D eigenvalue weighted by Gasteiger charge is 2.06. The summed E-state index contributed by atoms with van der Waals surface area (Å²) in [7, 11) is 0. The molecule has 0 atom stereocenters. The molecule has 1 aromatic carbocycles. The van der Waals surface area contributed by atoms with Gasteiger partial charge in [0.15, 0.2) is 11.7 Å². The van der Waals surface area contributed by atoms with Crippen LogP contribution >= 0.6 is 0 Å². The maximum Gasteiger partial charge on any atom is 0.196 e. The van der Waals surface area contributed by atoms with Crippen molar-refractivity contribution in [3.05, 3.63) is 36.4 Å². The van der Waals surface area contributed by atoms with E-state index in [4.69, 9.17) is 14.9 Å². The van der Waals surface area contributed by atoms with Gasteiger partial charge in [-0.3, -0.25) is 0 Å². The zero-order chi connectivity index (χ0) is 13.7. The summed E-state index contributed by atoms with van der Waals surface area (Å²) in [6.07, 6.45) is 2.39. The maximum absolute atomic E-state index is 5.64. The average molecular weight is 260 g/mol. The third kappa shape index (κ3) is 3.83. The van der Waals surface area contributed by atoms with E-state index in [1.807, 2.05) is 24.3 Å². The highest BCUT2D eigenvalue weighted by atomic mass is 16.5. The summed E-state index contributed by atoms with van der Waals surface area (Å²) in [6, 6.07) is 7.84. The van der Waals surface area contributed by atoms with Gasteiger partial charge >= 0.3 is 0 Å². The van der Waals surface area contributed by atoms with Gasteiger partial charge in [0.25, 0.3) is 0 Å². The summed E-state index contributed by atoms with van der Waals surface area (Å²) in [5.41, 5.74) is 6.46. The van der Waals surface area contributed by atoms with E-state index in [1.165, 1.54) is 0 Å². The van der Waals surface area contributed by atoms with Gasteiger partial charge in [0.05, 0.1) is 12.8 Å². The minimum Gasteiger partial charge on any atom is -0.493 e. The molecule has 0 amide bonds. The van der Waals surface area contributed by atoms with Crippen LogP contribution in [0.25, 0.3) is 11.3 Å². The number of nitrogens with two attached hydrogens (primary N) is 1. The molecular formula is C15H20N2O2. The molecule has 0 aliphatic heterocycles. The fourth-order valence-electron chi connectivity index (χ4n) is 1.66. The van der Waals surface area contributed by atoms with E-state index in [-0.39, 0.29) is 0 Å². The minimum atomic E-state index is 0.521. The Labute approximate surface area is 113 Å². The third-order valence-electron chi connectivity index (χ3n) is 2.63. The van der Waals surface area contributed by atoms with Crippen LogP contribution in [0.5, 0.6) is 5.75 Å². The number of hydrogen-bond acceptors (Lipinski definition) is 4. The topological polar surface area (TPSA) is 61.3 Å². The summed E-state index contributed by atoms with van der Waals surface area (Å²) in [6.45, 7) is 5.52. The molecule has 0 radical (unpaired) electrons. The molecule has 2 N–H and O–H groups in total. The first-order chi connectivity index (χ1) is 9.19. The molecule has 0 saturated heterocycles. The van der Waals surface area contributed by atoms with Crippen molar-refractivity contribution >= 4 is 0 Å². The lowest BCUT2D eigenvalue weighted by Crippen LogP contribution is -2.04. The van der Waals surface area contributed by atoms with Gasteiger partial charge in [-0.2, -0.15) is 0 Å². The number of nitrogens with zero attached hydrogens (tertiary/aromatic N) is 1. The van der Waals surface area contributed by atoms with Gasteiger partial charge in [-0.15, -0.1) is 0 Å². The minimum absolute atomic E-state index is 0.521. The van der Waals surface area contributed by atoms with Gasteiger partial charge in [0, 0.05) is 18.5 Å². The molecule has 2 aromatic rings. The molecule has 0 fully saturated rings. The van der Waals surface area contributed by atoms with Crippen molar-refractivity contribution in [1.82, 2.24) is 4.98 Å². The third-order valence-corrected chi connectivity index (χ3v) is 2.63. The number of aromatic nitrogens is 1. The SMILES string of the molecule is CC(C)COc1ccc(-c2cnc(CCN)o2)cc1. The van der Waals surface area contributed by atoms with Crippen LogP contribution in [0.15, 0.2) is 34.9 Å². The Morgan fingerprint density at radius 2 is 2.00 bits per heavy atom. The van der Waals surface area contributed by atoms with E-state index in [1.54, 1.807) is 6.20 Å². The first kappa shape index (κ1) is 13.6. The molecule has 0 unspecified atom stereocenters. The Morgan fingerprint density at radius 1 is 1.26 bits per heavy atom. The lowest BCUT2D eigenvalue weighted by molar-refractivity contribution is 0.271. The van der Waals surface area contributed by atoms with Gasteiger partial charge in [0.1, 0.15) is 5.75 Å². The Hall–Kier alpha value is -1.81. The smallest absolute Gasteiger partial charge is 0.196 e. The molecule has 102 valence electrons. The molecule has 0 bridgehead atoms. The van der Waals surface area contributed by atoms with Crippen molar-refractivity contribution in [2.75, 3.05) is 13.2 Å². The molecule has 1 heterocycles. The molecule has 4 heteroatoms. The first-order valence-corrected chi connectivity index (χ1v) is 6.57. The van der Waals surface area contributed by atoms with Crippen molar-refractivity contribution in [2.45, 2.75) is 20.3 Å². The molecule has 0 saturated carbocycles. The molecular weight excluding hydrogens is 240 g/mol. The van der Waals surface area contributed by atoms with Crippen LogP contribution in [0.1, 0.15) is 19.7 Å². The largest absolute Gasteiger partial charge is 0.493 e. The second kappa shape index (κ2) is 6.38. The van der Waals surface area contributed by atoms with Gasteiger partial charge in [0.2, 0.25) is 0 Å². The van der Waals surface area contributed by atoms with Gasteiger partial charge in [-0.05, 0) is 30.2 Å². The number of benzene rings is 1. The maximum atomic E-state index is 5.64. The average Bonchev–Trinajstić information content (AvgIpc) is 2.86. The summed E-state index contributed by atoms with van der Waals surface area (Å²) in [4.78, 5) is 4.19. The van der Waals surface area contributed by atoms with Gasteiger partial charge in [-0.1, -0.05) is 13.8 Å². The predicted octanol–water partition coefficient (Wildman–Crippen LogP) is 2.88.